The fraction of sp³-hybridized carbons (Fsp3) is 0.929. The Hall–Kier alpha value is -0.260. The molecule has 0 aliphatic carbocycles. The first-order chi connectivity index (χ1) is 8.94. The van der Waals surface area contributed by atoms with E-state index in [1.165, 1.54) is 12.8 Å². The first-order valence-electron chi connectivity index (χ1n) is 7.14. The topological polar surface area (TPSA) is 58.6 Å². The molecule has 0 aromatic rings. The quantitative estimate of drug-likeness (QED) is 0.639. The second-order valence-corrected chi connectivity index (χ2v) is 6.90. The summed E-state index contributed by atoms with van der Waals surface area (Å²) in [4.78, 5) is 11.3. The third-order valence-corrected chi connectivity index (χ3v) is 4.56. The van der Waals surface area contributed by atoms with Crippen LogP contribution >= 0.6 is 11.8 Å². The maximum Gasteiger partial charge on any atom is 0.323 e. The van der Waals surface area contributed by atoms with Crippen LogP contribution in [0.1, 0.15) is 46.5 Å². The minimum atomic E-state index is -0.807. The summed E-state index contributed by atoms with van der Waals surface area (Å²) in [6.45, 7) is 6.64. The number of rotatable bonds is 9. The molecule has 1 aliphatic rings. The average Bonchev–Trinajstić information content (AvgIpc) is 2.80. The van der Waals surface area contributed by atoms with E-state index in [-0.39, 0.29) is 6.04 Å². The van der Waals surface area contributed by atoms with Crippen molar-refractivity contribution >= 4 is 17.7 Å². The van der Waals surface area contributed by atoms with Crippen LogP contribution in [0.15, 0.2) is 0 Å². The molecule has 1 rings (SSSR count). The van der Waals surface area contributed by atoms with Crippen molar-refractivity contribution in [3.05, 3.63) is 0 Å². The predicted molar refractivity (Wildman–Crippen MR) is 79.8 cm³/mol. The summed E-state index contributed by atoms with van der Waals surface area (Å²) in [5.41, 5.74) is -0.807. The molecule has 5 heteroatoms. The molecular weight excluding hydrogens is 262 g/mol. The van der Waals surface area contributed by atoms with Gasteiger partial charge in [0.25, 0.3) is 0 Å². The second kappa shape index (κ2) is 8.12. The Morgan fingerprint density at radius 2 is 2.32 bits per heavy atom. The van der Waals surface area contributed by atoms with E-state index in [9.17, 15) is 9.90 Å². The van der Waals surface area contributed by atoms with Gasteiger partial charge in [-0.2, -0.15) is 11.8 Å². The maximum atomic E-state index is 11.3. The molecule has 1 heterocycles. The highest BCUT2D eigenvalue weighted by atomic mass is 32.2. The van der Waals surface area contributed by atoms with Gasteiger partial charge in [-0.3, -0.25) is 10.1 Å². The van der Waals surface area contributed by atoms with Crippen molar-refractivity contribution in [3.63, 3.8) is 0 Å². The summed E-state index contributed by atoms with van der Waals surface area (Å²) in [6.07, 6.45) is 4.36. The van der Waals surface area contributed by atoms with Crippen LogP contribution in [0.25, 0.3) is 0 Å². The summed E-state index contributed by atoms with van der Waals surface area (Å²) >= 11 is 1.88. The number of ether oxygens (including phenoxy) is 1. The Morgan fingerprint density at radius 3 is 2.84 bits per heavy atom. The van der Waals surface area contributed by atoms with E-state index < -0.39 is 11.5 Å². The Labute approximate surface area is 120 Å². The number of hydrogen-bond donors (Lipinski definition) is 2. The minimum Gasteiger partial charge on any atom is -0.480 e. The van der Waals surface area contributed by atoms with Gasteiger partial charge >= 0.3 is 5.97 Å². The zero-order valence-corrected chi connectivity index (χ0v) is 13.1. The number of thioether (sulfide) groups is 1. The smallest absolute Gasteiger partial charge is 0.323 e. The van der Waals surface area contributed by atoms with Crippen molar-refractivity contribution in [2.45, 2.75) is 64.1 Å². The number of nitrogens with one attached hydrogen (secondary N) is 1. The van der Waals surface area contributed by atoms with Gasteiger partial charge in [-0.05, 0) is 52.2 Å². The van der Waals surface area contributed by atoms with Crippen molar-refractivity contribution in [1.82, 2.24) is 5.32 Å². The average molecular weight is 289 g/mol. The first kappa shape index (κ1) is 16.8. The highest BCUT2D eigenvalue weighted by Gasteiger charge is 2.32. The van der Waals surface area contributed by atoms with Crippen LogP contribution in [0.4, 0.5) is 0 Å². The summed E-state index contributed by atoms with van der Waals surface area (Å²) in [5.74, 6) is 1.29. The Morgan fingerprint density at radius 1 is 1.58 bits per heavy atom. The fourth-order valence-corrected chi connectivity index (χ4v) is 3.44. The molecule has 4 nitrogen and oxygen atoms in total. The van der Waals surface area contributed by atoms with Crippen molar-refractivity contribution in [2.24, 2.45) is 0 Å². The standard InChI is InChI=1S/C14H27NO3S/c1-11(2)15-14(3,13(16)17)7-5-9-19-10-12-6-4-8-18-12/h11-12,15H,4-10H2,1-3H3,(H,16,17). The summed E-state index contributed by atoms with van der Waals surface area (Å²) in [5, 5.41) is 12.5. The van der Waals surface area contributed by atoms with Gasteiger partial charge in [0, 0.05) is 18.4 Å². The normalized spacial score (nSPS) is 22.6. The lowest BCUT2D eigenvalue weighted by atomic mass is 9.95. The third-order valence-electron chi connectivity index (χ3n) is 3.37. The van der Waals surface area contributed by atoms with Gasteiger partial charge in [0.1, 0.15) is 5.54 Å². The molecule has 1 aliphatic heterocycles. The maximum absolute atomic E-state index is 11.3. The van der Waals surface area contributed by atoms with Gasteiger partial charge < -0.3 is 9.84 Å². The van der Waals surface area contributed by atoms with Crippen molar-refractivity contribution in [2.75, 3.05) is 18.1 Å². The number of aliphatic carboxylic acids is 1. The lowest BCUT2D eigenvalue weighted by Gasteiger charge is -2.28. The molecule has 0 aromatic heterocycles. The molecule has 0 spiro atoms. The van der Waals surface area contributed by atoms with Gasteiger partial charge in [-0.1, -0.05) is 0 Å². The SMILES string of the molecule is CC(C)NC(C)(CCCSCC1CCCO1)C(=O)O. The van der Waals surface area contributed by atoms with Gasteiger partial charge in [0.2, 0.25) is 0 Å². The second-order valence-electron chi connectivity index (χ2n) is 5.75. The summed E-state index contributed by atoms with van der Waals surface area (Å²) < 4.78 is 5.56. The molecule has 0 saturated carbocycles. The molecular formula is C14H27NO3S. The van der Waals surface area contributed by atoms with Crippen LogP contribution in [0.5, 0.6) is 0 Å². The molecule has 19 heavy (non-hydrogen) atoms. The van der Waals surface area contributed by atoms with E-state index in [0.29, 0.717) is 12.5 Å². The highest BCUT2D eigenvalue weighted by Crippen LogP contribution is 2.20. The summed E-state index contributed by atoms with van der Waals surface area (Å²) in [7, 11) is 0. The number of hydrogen-bond acceptors (Lipinski definition) is 4. The van der Waals surface area contributed by atoms with Crippen molar-refractivity contribution < 1.29 is 14.6 Å². The monoisotopic (exact) mass is 289 g/mol. The van der Waals surface area contributed by atoms with Crippen molar-refractivity contribution in [3.8, 4) is 0 Å². The van der Waals surface area contributed by atoms with Crippen LogP contribution in [0.2, 0.25) is 0 Å². The Balaban J connectivity index is 2.18. The minimum absolute atomic E-state index is 0.181. The van der Waals surface area contributed by atoms with E-state index in [1.807, 2.05) is 25.6 Å². The van der Waals surface area contributed by atoms with E-state index in [0.717, 1.165) is 24.5 Å². The van der Waals surface area contributed by atoms with E-state index in [4.69, 9.17) is 4.74 Å². The van der Waals surface area contributed by atoms with Crippen LogP contribution in [-0.4, -0.2) is 46.9 Å². The van der Waals surface area contributed by atoms with Crippen LogP contribution < -0.4 is 5.32 Å². The molecule has 1 saturated heterocycles. The molecule has 2 unspecified atom stereocenters. The third kappa shape index (κ3) is 6.15. The largest absolute Gasteiger partial charge is 0.480 e. The Kier molecular flexibility index (Phi) is 7.18. The van der Waals surface area contributed by atoms with E-state index in [1.54, 1.807) is 6.92 Å². The Bertz CT molecular complexity index is 280. The first-order valence-corrected chi connectivity index (χ1v) is 8.30. The van der Waals surface area contributed by atoms with E-state index >= 15 is 0 Å². The molecule has 2 atom stereocenters. The highest BCUT2D eigenvalue weighted by molar-refractivity contribution is 7.99. The molecule has 0 amide bonds. The lowest BCUT2D eigenvalue weighted by Crippen LogP contribution is -2.52. The predicted octanol–water partition coefficient (Wildman–Crippen LogP) is 2.52. The summed E-state index contributed by atoms with van der Waals surface area (Å²) in [6, 6.07) is 0.181. The number of carboxylic acid groups (broad SMARTS) is 1. The fourth-order valence-electron chi connectivity index (χ4n) is 2.40. The van der Waals surface area contributed by atoms with Gasteiger partial charge in [0.05, 0.1) is 6.10 Å². The molecule has 0 aromatic carbocycles. The van der Waals surface area contributed by atoms with E-state index in [2.05, 4.69) is 5.32 Å². The van der Waals surface area contributed by atoms with Crippen molar-refractivity contribution in [1.29, 1.82) is 0 Å². The van der Waals surface area contributed by atoms with Gasteiger partial charge in [-0.15, -0.1) is 0 Å². The molecule has 0 radical (unpaired) electrons. The zero-order chi connectivity index (χ0) is 14.3. The number of carboxylic acids is 1. The lowest BCUT2D eigenvalue weighted by molar-refractivity contribution is -0.144. The van der Waals surface area contributed by atoms with Crippen LogP contribution in [0, 0.1) is 0 Å². The van der Waals surface area contributed by atoms with Crippen LogP contribution in [0.3, 0.4) is 0 Å². The van der Waals surface area contributed by atoms with Gasteiger partial charge in [0.15, 0.2) is 0 Å². The molecule has 2 N–H and O–H groups in total. The number of carbonyl (C=O) groups is 1. The molecule has 112 valence electrons. The zero-order valence-electron chi connectivity index (χ0n) is 12.3. The molecule has 0 bridgehead atoms. The van der Waals surface area contributed by atoms with Gasteiger partial charge in [-0.25, -0.2) is 0 Å². The van der Waals surface area contributed by atoms with Crippen LogP contribution in [-0.2, 0) is 9.53 Å². The molecule has 1 fully saturated rings.